The number of nitriles is 1. The molecule has 0 aliphatic carbocycles. The molecule has 2 rings (SSSR count). The standard InChI is InChI=1S/C16H13N3O3/c17-8-13(6-11-3-4-14(20)15(21)7-11)16(22)19-10-12-2-1-5-18-9-12/h1-7,9,20-21H,10H2,(H,19,22)/b13-6+. The lowest BCUT2D eigenvalue weighted by Crippen LogP contribution is -2.23. The fourth-order valence-electron chi connectivity index (χ4n) is 1.73. The van der Waals surface area contributed by atoms with Crippen molar-refractivity contribution in [2.45, 2.75) is 6.54 Å². The van der Waals surface area contributed by atoms with Crippen LogP contribution < -0.4 is 5.32 Å². The molecule has 3 N–H and O–H groups in total. The molecule has 0 aliphatic rings. The summed E-state index contributed by atoms with van der Waals surface area (Å²) in [7, 11) is 0. The zero-order valence-corrected chi connectivity index (χ0v) is 11.5. The summed E-state index contributed by atoms with van der Waals surface area (Å²) in [5.41, 5.74) is 1.15. The van der Waals surface area contributed by atoms with Gasteiger partial charge >= 0.3 is 0 Å². The Morgan fingerprint density at radius 1 is 1.32 bits per heavy atom. The third kappa shape index (κ3) is 3.84. The number of phenolic OH excluding ortho intramolecular Hbond substituents is 2. The summed E-state index contributed by atoms with van der Waals surface area (Å²) >= 11 is 0. The van der Waals surface area contributed by atoms with Crippen molar-refractivity contribution in [1.82, 2.24) is 10.3 Å². The van der Waals surface area contributed by atoms with Crippen LogP contribution in [0.1, 0.15) is 11.1 Å². The first kappa shape index (κ1) is 15.1. The molecule has 0 unspecified atom stereocenters. The number of pyridine rings is 1. The summed E-state index contributed by atoms with van der Waals surface area (Å²) in [5.74, 6) is -1.11. The Morgan fingerprint density at radius 3 is 2.77 bits per heavy atom. The first-order valence-electron chi connectivity index (χ1n) is 6.41. The lowest BCUT2D eigenvalue weighted by atomic mass is 10.1. The van der Waals surface area contributed by atoms with Crippen LogP contribution in [-0.4, -0.2) is 21.1 Å². The van der Waals surface area contributed by atoms with E-state index in [0.717, 1.165) is 5.56 Å². The van der Waals surface area contributed by atoms with Crippen LogP contribution in [0.3, 0.4) is 0 Å². The fourth-order valence-corrected chi connectivity index (χ4v) is 1.73. The van der Waals surface area contributed by atoms with E-state index in [1.807, 2.05) is 6.07 Å². The first-order valence-corrected chi connectivity index (χ1v) is 6.41. The highest BCUT2D eigenvalue weighted by molar-refractivity contribution is 6.01. The zero-order valence-electron chi connectivity index (χ0n) is 11.5. The van der Waals surface area contributed by atoms with Crippen LogP contribution in [0, 0.1) is 11.3 Å². The molecule has 110 valence electrons. The van der Waals surface area contributed by atoms with Gasteiger partial charge in [-0.3, -0.25) is 9.78 Å². The van der Waals surface area contributed by atoms with Gasteiger partial charge in [0, 0.05) is 18.9 Å². The molecule has 0 saturated carbocycles. The lowest BCUT2D eigenvalue weighted by Gasteiger charge is -2.04. The lowest BCUT2D eigenvalue weighted by molar-refractivity contribution is -0.117. The molecule has 0 radical (unpaired) electrons. The van der Waals surface area contributed by atoms with E-state index in [0.29, 0.717) is 5.56 Å². The molecule has 1 aromatic carbocycles. The van der Waals surface area contributed by atoms with Crippen LogP contribution in [0.25, 0.3) is 6.08 Å². The van der Waals surface area contributed by atoms with Crippen molar-refractivity contribution in [3.05, 3.63) is 59.4 Å². The molecule has 0 bridgehead atoms. The van der Waals surface area contributed by atoms with Crippen LogP contribution in [-0.2, 0) is 11.3 Å². The van der Waals surface area contributed by atoms with Gasteiger partial charge in [-0.25, -0.2) is 0 Å². The number of rotatable bonds is 4. The number of carbonyl (C=O) groups is 1. The SMILES string of the molecule is N#C/C(=C\c1ccc(O)c(O)c1)C(=O)NCc1cccnc1. The number of benzene rings is 1. The second kappa shape index (κ2) is 6.90. The van der Waals surface area contributed by atoms with Gasteiger partial charge in [0.25, 0.3) is 5.91 Å². The topological polar surface area (TPSA) is 106 Å². The highest BCUT2D eigenvalue weighted by Gasteiger charge is 2.09. The molecule has 6 heteroatoms. The summed E-state index contributed by atoms with van der Waals surface area (Å²) in [6, 6.07) is 9.40. The molecule has 22 heavy (non-hydrogen) atoms. The van der Waals surface area contributed by atoms with E-state index in [1.54, 1.807) is 24.5 Å². The van der Waals surface area contributed by atoms with Gasteiger partial charge in [0.05, 0.1) is 0 Å². The first-order chi connectivity index (χ1) is 10.6. The minimum atomic E-state index is -0.529. The molecule has 0 fully saturated rings. The van der Waals surface area contributed by atoms with Crippen molar-refractivity contribution in [3.8, 4) is 17.6 Å². The summed E-state index contributed by atoms with van der Waals surface area (Å²) in [4.78, 5) is 15.9. The number of aromatic nitrogens is 1. The van der Waals surface area contributed by atoms with Crippen molar-refractivity contribution >= 4 is 12.0 Å². The average molecular weight is 295 g/mol. The van der Waals surface area contributed by atoms with Gasteiger partial charge in [-0.05, 0) is 35.4 Å². The average Bonchev–Trinajstić information content (AvgIpc) is 2.54. The predicted molar refractivity (Wildman–Crippen MR) is 79.4 cm³/mol. The summed E-state index contributed by atoms with van der Waals surface area (Å²) < 4.78 is 0. The van der Waals surface area contributed by atoms with Crippen LogP contribution in [0.15, 0.2) is 48.3 Å². The summed E-state index contributed by atoms with van der Waals surface area (Å²) in [5, 5.41) is 30.3. The van der Waals surface area contributed by atoms with Gasteiger partial charge in [-0.1, -0.05) is 12.1 Å². The number of hydrogen-bond donors (Lipinski definition) is 3. The van der Waals surface area contributed by atoms with Gasteiger partial charge in [0.2, 0.25) is 0 Å². The van der Waals surface area contributed by atoms with Gasteiger partial charge in [-0.2, -0.15) is 5.26 Å². The fraction of sp³-hybridized carbons (Fsp3) is 0.0625. The highest BCUT2D eigenvalue weighted by Crippen LogP contribution is 2.25. The van der Waals surface area contributed by atoms with Crippen LogP contribution in [0.5, 0.6) is 11.5 Å². The van der Waals surface area contributed by atoms with Crippen LogP contribution in [0.2, 0.25) is 0 Å². The number of aromatic hydroxyl groups is 2. The van der Waals surface area contributed by atoms with E-state index in [9.17, 15) is 15.0 Å². The van der Waals surface area contributed by atoms with Crippen LogP contribution >= 0.6 is 0 Å². The van der Waals surface area contributed by atoms with Crippen LogP contribution in [0.4, 0.5) is 0 Å². The van der Waals surface area contributed by atoms with E-state index in [-0.39, 0.29) is 23.6 Å². The Bertz CT molecular complexity index is 749. The molecular formula is C16H13N3O3. The van der Waals surface area contributed by atoms with Gasteiger partial charge < -0.3 is 15.5 Å². The van der Waals surface area contributed by atoms with E-state index >= 15 is 0 Å². The van der Waals surface area contributed by atoms with E-state index < -0.39 is 5.91 Å². The molecule has 1 heterocycles. The molecule has 0 aliphatic heterocycles. The zero-order chi connectivity index (χ0) is 15.9. The van der Waals surface area contributed by atoms with E-state index in [2.05, 4.69) is 10.3 Å². The van der Waals surface area contributed by atoms with E-state index in [1.165, 1.54) is 24.3 Å². The Labute approximate surface area is 127 Å². The molecule has 6 nitrogen and oxygen atoms in total. The maximum absolute atomic E-state index is 12.0. The van der Waals surface area contributed by atoms with Crippen molar-refractivity contribution in [2.75, 3.05) is 0 Å². The van der Waals surface area contributed by atoms with Gasteiger partial charge in [0.1, 0.15) is 11.6 Å². The van der Waals surface area contributed by atoms with Gasteiger partial charge in [-0.15, -0.1) is 0 Å². The highest BCUT2D eigenvalue weighted by atomic mass is 16.3. The van der Waals surface area contributed by atoms with Crippen molar-refractivity contribution < 1.29 is 15.0 Å². The monoisotopic (exact) mass is 295 g/mol. The van der Waals surface area contributed by atoms with E-state index in [4.69, 9.17) is 5.26 Å². The Balaban J connectivity index is 2.10. The Kier molecular flexibility index (Phi) is 4.73. The number of carbonyl (C=O) groups excluding carboxylic acids is 1. The molecular weight excluding hydrogens is 282 g/mol. The van der Waals surface area contributed by atoms with Gasteiger partial charge in [0.15, 0.2) is 11.5 Å². The van der Waals surface area contributed by atoms with Crippen molar-refractivity contribution in [1.29, 1.82) is 5.26 Å². The number of nitrogens with one attached hydrogen (secondary N) is 1. The van der Waals surface area contributed by atoms with Crippen molar-refractivity contribution in [2.24, 2.45) is 0 Å². The largest absolute Gasteiger partial charge is 0.504 e. The van der Waals surface area contributed by atoms with Crippen molar-refractivity contribution in [3.63, 3.8) is 0 Å². The molecule has 1 aromatic heterocycles. The smallest absolute Gasteiger partial charge is 0.262 e. The normalized spacial score (nSPS) is 10.8. The summed E-state index contributed by atoms with van der Waals surface area (Å²) in [6.45, 7) is 0.256. The second-order valence-corrected chi connectivity index (χ2v) is 4.46. The Morgan fingerprint density at radius 2 is 2.14 bits per heavy atom. The third-order valence-corrected chi connectivity index (χ3v) is 2.85. The number of hydrogen-bond acceptors (Lipinski definition) is 5. The number of phenols is 2. The molecule has 0 spiro atoms. The number of nitrogens with zero attached hydrogens (tertiary/aromatic N) is 2. The molecule has 1 amide bonds. The maximum atomic E-state index is 12.0. The molecule has 0 saturated heterocycles. The third-order valence-electron chi connectivity index (χ3n) is 2.85. The molecule has 0 atom stereocenters. The second-order valence-electron chi connectivity index (χ2n) is 4.46. The Hall–Kier alpha value is -3.33. The maximum Gasteiger partial charge on any atom is 0.262 e. The summed E-state index contributed by atoms with van der Waals surface area (Å²) in [6.07, 6.45) is 4.58. The quantitative estimate of drug-likeness (QED) is 0.452. The predicted octanol–water partition coefficient (Wildman–Crippen LogP) is 1.72. The molecule has 2 aromatic rings. The minimum absolute atomic E-state index is 0.103. The number of amides is 1. The minimum Gasteiger partial charge on any atom is -0.504 e.